The highest BCUT2D eigenvalue weighted by Crippen LogP contribution is 2.27. The second-order valence-electron chi connectivity index (χ2n) is 7.44. The van der Waals surface area contributed by atoms with Crippen molar-refractivity contribution in [3.63, 3.8) is 0 Å². The molecule has 5 nitrogen and oxygen atoms in total. The Morgan fingerprint density at radius 1 is 1.00 bits per heavy atom. The number of nitrogens with one attached hydrogen (secondary N) is 1. The zero-order valence-electron chi connectivity index (χ0n) is 16.0. The van der Waals surface area contributed by atoms with E-state index in [1.807, 2.05) is 54.6 Å². The van der Waals surface area contributed by atoms with E-state index in [1.54, 1.807) is 0 Å². The normalized spacial score (nSPS) is 15.1. The molecular weight excluding hydrogens is 354 g/mol. The van der Waals surface area contributed by atoms with Crippen LogP contribution in [-0.2, 0) is 22.6 Å². The molecule has 2 aromatic rings. The molecule has 0 heterocycles. The van der Waals surface area contributed by atoms with Crippen molar-refractivity contribution < 1.29 is 19.4 Å². The molecule has 148 valence electrons. The molecule has 0 aliphatic heterocycles. The summed E-state index contributed by atoms with van der Waals surface area (Å²) in [7, 11) is 0. The van der Waals surface area contributed by atoms with E-state index in [0.717, 1.165) is 29.7 Å². The van der Waals surface area contributed by atoms with E-state index in [4.69, 9.17) is 4.74 Å². The number of amides is 1. The molecule has 2 N–H and O–H groups in total. The van der Waals surface area contributed by atoms with Gasteiger partial charge in [-0.2, -0.15) is 0 Å². The van der Waals surface area contributed by atoms with Crippen molar-refractivity contribution in [1.29, 1.82) is 0 Å². The third kappa shape index (κ3) is 6.12. The van der Waals surface area contributed by atoms with Crippen LogP contribution in [0.2, 0.25) is 0 Å². The minimum Gasteiger partial charge on any atom is -0.489 e. The minimum absolute atomic E-state index is 0.165. The molecule has 2 aromatic carbocycles. The first-order valence-electron chi connectivity index (χ1n) is 9.88. The fourth-order valence-corrected chi connectivity index (χ4v) is 3.63. The summed E-state index contributed by atoms with van der Waals surface area (Å²) in [5, 5.41) is 12.2. The Kier molecular flexibility index (Phi) is 7.06. The van der Waals surface area contributed by atoms with E-state index in [1.165, 1.54) is 12.8 Å². The van der Waals surface area contributed by atoms with Gasteiger partial charge in [0.15, 0.2) is 0 Å². The monoisotopic (exact) mass is 381 g/mol. The molecule has 1 amide bonds. The molecule has 0 unspecified atom stereocenters. The summed E-state index contributed by atoms with van der Waals surface area (Å²) in [6.45, 7) is 0.481. The highest BCUT2D eigenvalue weighted by molar-refractivity contribution is 5.83. The average molecular weight is 381 g/mol. The SMILES string of the molecule is O=C(CC1CCCC1)N[C@H](Cc1ccc(OCc2ccccc2)cc1)C(=O)O. The van der Waals surface area contributed by atoms with Crippen molar-refractivity contribution in [1.82, 2.24) is 5.32 Å². The van der Waals surface area contributed by atoms with E-state index in [2.05, 4.69) is 5.32 Å². The van der Waals surface area contributed by atoms with Crippen LogP contribution in [0, 0.1) is 5.92 Å². The van der Waals surface area contributed by atoms with Crippen LogP contribution in [0.4, 0.5) is 0 Å². The van der Waals surface area contributed by atoms with Gasteiger partial charge < -0.3 is 15.2 Å². The summed E-state index contributed by atoms with van der Waals surface area (Å²) < 4.78 is 5.75. The number of ether oxygens (including phenoxy) is 1. The van der Waals surface area contributed by atoms with Crippen molar-refractivity contribution in [2.45, 2.75) is 51.2 Å². The van der Waals surface area contributed by atoms with Crippen LogP contribution in [0.5, 0.6) is 5.75 Å². The van der Waals surface area contributed by atoms with Crippen LogP contribution in [0.15, 0.2) is 54.6 Å². The van der Waals surface area contributed by atoms with Crippen LogP contribution in [0.25, 0.3) is 0 Å². The third-order valence-corrected chi connectivity index (χ3v) is 5.19. The molecule has 0 aromatic heterocycles. The summed E-state index contributed by atoms with van der Waals surface area (Å²) in [5.41, 5.74) is 1.93. The maximum Gasteiger partial charge on any atom is 0.326 e. The first-order chi connectivity index (χ1) is 13.6. The number of carbonyl (C=O) groups is 2. The van der Waals surface area contributed by atoms with Crippen LogP contribution in [0.3, 0.4) is 0 Å². The second-order valence-corrected chi connectivity index (χ2v) is 7.44. The molecule has 0 bridgehead atoms. The van der Waals surface area contributed by atoms with Crippen molar-refractivity contribution in [3.05, 3.63) is 65.7 Å². The minimum atomic E-state index is -1.01. The fraction of sp³-hybridized carbons (Fsp3) is 0.391. The maximum atomic E-state index is 12.2. The van der Waals surface area contributed by atoms with E-state index in [0.29, 0.717) is 18.9 Å². The quantitative estimate of drug-likeness (QED) is 0.689. The molecule has 0 saturated heterocycles. The van der Waals surface area contributed by atoms with Crippen molar-refractivity contribution >= 4 is 11.9 Å². The fourth-order valence-electron chi connectivity index (χ4n) is 3.63. The van der Waals surface area contributed by atoms with Crippen molar-refractivity contribution in [2.24, 2.45) is 5.92 Å². The van der Waals surface area contributed by atoms with Gasteiger partial charge in [-0.25, -0.2) is 4.79 Å². The van der Waals surface area contributed by atoms with E-state index in [-0.39, 0.29) is 12.3 Å². The molecule has 0 spiro atoms. The summed E-state index contributed by atoms with van der Waals surface area (Å²) in [6, 6.07) is 16.3. The third-order valence-electron chi connectivity index (χ3n) is 5.19. The Labute approximate surface area is 165 Å². The number of carboxylic acid groups (broad SMARTS) is 1. The van der Waals surface area contributed by atoms with Gasteiger partial charge in [-0.1, -0.05) is 55.3 Å². The zero-order valence-corrected chi connectivity index (χ0v) is 16.0. The van der Waals surface area contributed by atoms with E-state index >= 15 is 0 Å². The molecule has 0 radical (unpaired) electrons. The molecule has 1 saturated carbocycles. The van der Waals surface area contributed by atoms with Gasteiger partial charge in [-0.3, -0.25) is 4.79 Å². The Morgan fingerprint density at radius 3 is 2.32 bits per heavy atom. The number of carboxylic acids is 1. The molecular formula is C23H27NO4. The first-order valence-corrected chi connectivity index (χ1v) is 9.88. The van der Waals surface area contributed by atoms with Crippen molar-refractivity contribution in [2.75, 3.05) is 0 Å². The molecule has 1 atom stereocenters. The number of hydrogen-bond acceptors (Lipinski definition) is 3. The van der Waals surface area contributed by atoms with Gasteiger partial charge in [0.1, 0.15) is 18.4 Å². The van der Waals surface area contributed by atoms with Crippen LogP contribution in [-0.4, -0.2) is 23.0 Å². The highest BCUT2D eigenvalue weighted by atomic mass is 16.5. The van der Waals surface area contributed by atoms with Gasteiger partial charge in [0.2, 0.25) is 5.91 Å². The Bertz CT molecular complexity index is 767. The van der Waals surface area contributed by atoms with Crippen LogP contribution >= 0.6 is 0 Å². The summed E-state index contributed by atoms with van der Waals surface area (Å²) in [4.78, 5) is 23.7. The van der Waals surface area contributed by atoms with Crippen molar-refractivity contribution in [3.8, 4) is 5.75 Å². The molecule has 28 heavy (non-hydrogen) atoms. The lowest BCUT2D eigenvalue weighted by Crippen LogP contribution is -2.42. The molecule has 3 rings (SSSR count). The standard InChI is InChI=1S/C23H27NO4/c25-22(15-17-6-4-5-7-17)24-21(23(26)27)14-18-10-12-20(13-11-18)28-16-19-8-2-1-3-9-19/h1-3,8-13,17,21H,4-7,14-16H2,(H,24,25)(H,26,27)/t21-/m1/s1. The van der Waals surface area contributed by atoms with E-state index in [9.17, 15) is 14.7 Å². The van der Waals surface area contributed by atoms with Crippen LogP contribution < -0.4 is 10.1 Å². The number of benzene rings is 2. The zero-order chi connectivity index (χ0) is 19.8. The maximum absolute atomic E-state index is 12.2. The average Bonchev–Trinajstić information content (AvgIpc) is 3.20. The summed E-state index contributed by atoms with van der Waals surface area (Å²) in [6.07, 6.45) is 5.14. The van der Waals surface area contributed by atoms with Gasteiger partial charge in [-0.15, -0.1) is 0 Å². The number of hydrogen-bond donors (Lipinski definition) is 2. The van der Waals surface area contributed by atoms with Gasteiger partial charge in [0.25, 0.3) is 0 Å². The van der Waals surface area contributed by atoms with Gasteiger partial charge in [0, 0.05) is 12.8 Å². The number of aliphatic carboxylic acids is 1. The molecule has 1 fully saturated rings. The summed E-state index contributed by atoms with van der Waals surface area (Å²) >= 11 is 0. The van der Waals surface area contributed by atoms with E-state index < -0.39 is 12.0 Å². The molecule has 1 aliphatic carbocycles. The number of carbonyl (C=O) groups excluding carboxylic acids is 1. The lowest BCUT2D eigenvalue weighted by atomic mass is 10.0. The predicted molar refractivity (Wildman–Crippen MR) is 107 cm³/mol. The van der Waals surface area contributed by atoms with Gasteiger partial charge >= 0.3 is 5.97 Å². The topological polar surface area (TPSA) is 75.6 Å². The van der Waals surface area contributed by atoms with Gasteiger partial charge in [-0.05, 0) is 42.0 Å². The smallest absolute Gasteiger partial charge is 0.326 e. The first kappa shape index (κ1) is 19.9. The lowest BCUT2D eigenvalue weighted by molar-refractivity contribution is -0.141. The predicted octanol–water partition coefficient (Wildman–Crippen LogP) is 3.96. The lowest BCUT2D eigenvalue weighted by Gasteiger charge is -2.16. The molecule has 5 heteroatoms. The molecule has 1 aliphatic rings. The van der Waals surface area contributed by atoms with Gasteiger partial charge in [0.05, 0.1) is 0 Å². The largest absolute Gasteiger partial charge is 0.489 e. The van der Waals surface area contributed by atoms with Crippen LogP contribution in [0.1, 0.15) is 43.2 Å². The number of rotatable bonds is 9. The Balaban J connectivity index is 1.51. The highest BCUT2D eigenvalue weighted by Gasteiger charge is 2.23. The Hall–Kier alpha value is -2.82. The second kappa shape index (κ2) is 9.93. The summed E-state index contributed by atoms with van der Waals surface area (Å²) in [5.74, 6) is -0.0495. The Morgan fingerprint density at radius 2 is 1.68 bits per heavy atom.